The second-order valence-corrected chi connectivity index (χ2v) is 3.57. The van der Waals surface area contributed by atoms with E-state index < -0.39 is 0 Å². The second kappa shape index (κ2) is 5.76. The fourth-order valence-electron chi connectivity index (χ4n) is 0.901. The Morgan fingerprint density at radius 1 is 1.62 bits per heavy atom. The van der Waals surface area contributed by atoms with Gasteiger partial charge in [-0.25, -0.2) is 0 Å². The van der Waals surface area contributed by atoms with Gasteiger partial charge in [-0.3, -0.25) is 0 Å². The molecule has 0 amide bonds. The minimum absolute atomic E-state index is 0.627. The van der Waals surface area contributed by atoms with Crippen molar-refractivity contribution in [1.82, 2.24) is 0 Å². The Hall–Kier alpha value is -0.820. The largest absolute Gasteiger partial charge is 0.379 e. The maximum Gasteiger partial charge on any atom is 0.0806 e. The Kier molecular flexibility index (Phi) is 4.55. The van der Waals surface area contributed by atoms with E-state index in [0.717, 1.165) is 12.0 Å². The molecule has 0 saturated heterocycles. The van der Waals surface area contributed by atoms with E-state index >= 15 is 0 Å². The quantitative estimate of drug-likeness (QED) is 0.743. The maximum atomic E-state index is 5.33. The fourth-order valence-corrected chi connectivity index (χ4v) is 1.69. The summed E-state index contributed by atoms with van der Waals surface area (Å²) in [5.41, 5.74) is 6.39. The summed E-state index contributed by atoms with van der Waals surface area (Å²) in [6.07, 6.45) is 0.759. The highest BCUT2D eigenvalue weighted by Crippen LogP contribution is 2.14. The molecule has 13 heavy (non-hydrogen) atoms. The van der Waals surface area contributed by atoms with Gasteiger partial charge in [0.25, 0.3) is 0 Å². The van der Waals surface area contributed by atoms with Gasteiger partial charge in [0.1, 0.15) is 0 Å². The Labute approximate surface area is 82.7 Å². The van der Waals surface area contributed by atoms with E-state index in [1.165, 1.54) is 4.88 Å². The van der Waals surface area contributed by atoms with Gasteiger partial charge in [-0.05, 0) is 6.07 Å². The van der Waals surface area contributed by atoms with E-state index in [2.05, 4.69) is 17.9 Å². The highest BCUT2D eigenvalue weighted by atomic mass is 32.1. The van der Waals surface area contributed by atoms with Crippen molar-refractivity contribution in [2.24, 2.45) is 5.73 Å². The molecular formula is C10H13NOS. The van der Waals surface area contributed by atoms with Crippen molar-refractivity contribution >= 4 is 11.3 Å². The number of methoxy groups -OCH3 is 1. The number of rotatable bonds is 3. The van der Waals surface area contributed by atoms with E-state index in [-0.39, 0.29) is 0 Å². The van der Waals surface area contributed by atoms with Crippen LogP contribution in [0.1, 0.15) is 16.9 Å². The molecule has 2 N–H and O–H groups in total. The number of thiophene rings is 1. The molecule has 70 valence electrons. The third-order valence-electron chi connectivity index (χ3n) is 1.44. The first kappa shape index (κ1) is 10.3. The van der Waals surface area contributed by atoms with Crippen molar-refractivity contribution in [1.29, 1.82) is 0 Å². The van der Waals surface area contributed by atoms with Crippen molar-refractivity contribution in [2.45, 2.75) is 13.0 Å². The van der Waals surface area contributed by atoms with Gasteiger partial charge in [0.15, 0.2) is 0 Å². The van der Waals surface area contributed by atoms with Gasteiger partial charge in [0.05, 0.1) is 6.61 Å². The molecule has 0 aliphatic carbocycles. The van der Waals surface area contributed by atoms with Crippen LogP contribution in [0.2, 0.25) is 0 Å². The molecule has 2 nitrogen and oxygen atoms in total. The third kappa shape index (κ3) is 3.60. The monoisotopic (exact) mass is 195 g/mol. The Balaban J connectivity index is 2.54. The van der Waals surface area contributed by atoms with Crippen LogP contribution in [0, 0.1) is 11.8 Å². The van der Waals surface area contributed by atoms with Gasteiger partial charge in [-0.15, -0.1) is 11.3 Å². The van der Waals surface area contributed by atoms with Crippen LogP contribution in [0.3, 0.4) is 0 Å². The molecule has 0 spiro atoms. The summed E-state index contributed by atoms with van der Waals surface area (Å²) < 4.78 is 5.01. The summed E-state index contributed by atoms with van der Waals surface area (Å²) in [6.45, 7) is 1.30. The predicted molar refractivity (Wildman–Crippen MR) is 55.6 cm³/mol. The molecule has 1 heterocycles. The first-order valence-electron chi connectivity index (χ1n) is 4.12. The minimum atomic E-state index is 0.627. The number of hydrogen-bond acceptors (Lipinski definition) is 3. The summed E-state index contributed by atoms with van der Waals surface area (Å²) in [5.74, 6) is 6.05. The van der Waals surface area contributed by atoms with Crippen molar-refractivity contribution in [3.63, 3.8) is 0 Å². The summed E-state index contributed by atoms with van der Waals surface area (Å²) >= 11 is 1.67. The minimum Gasteiger partial charge on any atom is -0.379 e. The molecule has 0 bridgehead atoms. The van der Waals surface area contributed by atoms with Gasteiger partial charge in [-0.2, -0.15) is 0 Å². The van der Waals surface area contributed by atoms with Crippen molar-refractivity contribution in [2.75, 3.05) is 13.7 Å². The highest BCUT2D eigenvalue weighted by Gasteiger charge is 1.95. The van der Waals surface area contributed by atoms with Crippen molar-refractivity contribution in [3.8, 4) is 11.8 Å². The van der Waals surface area contributed by atoms with E-state index in [4.69, 9.17) is 10.5 Å². The average molecular weight is 195 g/mol. The first-order chi connectivity index (χ1) is 6.36. The van der Waals surface area contributed by atoms with Crippen LogP contribution in [0.25, 0.3) is 0 Å². The molecule has 3 heteroatoms. The lowest BCUT2D eigenvalue weighted by atomic mass is 10.3. The van der Waals surface area contributed by atoms with E-state index in [9.17, 15) is 0 Å². The van der Waals surface area contributed by atoms with E-state index in [1.54, 1.807) is 18.4 Å². The van der Waals surface area contributed by atoms with Crippen molar-refractivity contribution in [3.05, 3.63) is 21.9 Å². The van der Waals surface area contributed by atoms with Gasteiger partial charge >= 0.3 is 0 Å². The summed E-state index contributed by atoms with van der Waals surface area (Å²) in [6, 6.07) is 2.05. The van der Waals surface area contributed by atoms with Gasteiger partial charge in [0, 0.05) is 35.9 Å². The lowest BCUT2D eigenvalue weighted by Gasteiger charge is -1.89. The number of ether oxygens (including phenoxy) is 1. The first-order valence-corrected chi connectivity index (χ1v) is 5.00. The third-order valence-corrected chi connectivity index (χ3v) is 2.35. The zero-order valence-electron chi connectivity index (χ0n) is 7.67. The van der Waals surface area contributed by atoms with Crippen LogP contribution in [-0.2, 0) is 11.3 Å². The van der Waals surface area contributed by atoms with Crippen LogP contribution in [-0.4, -0.2) is 13.7 Å². The van der Waals surface area contributed by atoms with Crippen molar-refractivity contribution < 1.29 is 4.74 Å². The van der Waals surface area contributed by atoms with Crippen LogP contribution in [0.4, 0.5) is 0 Å². The zero-order chi connectivity index (χ0) is 9.52. The summed E-state index contributed by atoms with van der Waals surface area (Å²) in [5, 5.41) is 2.04. The van der Waals surface area contributed by atoms with Gasteiger partial charge in [0.2, 0.25) is 0 Å². The standard InChI is InChI=1S/C10H13NOS/c1-12-7-10-6-9(8-13-10)4-2-3-5-11/h6,8H,3,5,7,11H2,1H3. The second-order valence-electron chi connectivity index (χ2n) is 2.58. The highest BCUT2D eigenvalue weighted by molar-refractivity contribution is 7.10. The number of hydrogen-bond donors (Lipinski definition) is 1. The maximum absolute atomic E-state index is 5.33. The molecule has 0 aromatic carbocycles. The lowest BCUT2D eigenvalue weighted by molar-refractivity contribution is 0.187. The molecule has 1 rings (SSSR count). The average Bonchev–Trinajstić information content (AvgIpc) is 2.54. The van der Waals surface area contributed by atoms with Crippen LogP contribution < -0.4 is 5.73 Å². The lowest BCUT2D eigenvalue weighted by Crippen LogP contribution is -1.95. The topological polar surface area (TPSA) is 35.2 Å². The van der Waals surface area contributed by atoms with Gasteiger partial charge in [-0.1, -0.05) is 11.8 Å². The smallest absolute Gasteiger partial charge is 0.0806 e. The molecular weight excluding hydrogens is 182 g/mol. The van der Waals surface area contributed by atoms with E-state index in [1.807, 2.05) is 5.38 Å². The van der Waals surface area contributed by atoms with Crippen LogP contribution in [0.15, 0.2) is 11.4 Å². The summed E-state index contributed by atoms with van der Waals surface area (Å²) in [7, 11) is 1.69. The Morgan fingerprint density at radius 3 is 3.15 bits per heavy atom. The summed E-state index contributed by atoms with van der Waals surface area (Å²) in [4.78, 5) is 1.21. The number of nitrogens with two attached hydrogens (primary N) is 1. The molecule has 0 fully saturated rings. The molecule has 0 atom stereocenters. The zero-order valence-corrected chi connectivity index (χ0v) is 8.49. The Morgan fingerprint density at radius 2 is 2.46 bits per heavy atom. The van der Waals surface area contributed by atoms with E-state index in [0.29, 0.717) is 13.2 Å². The predicted octanol–water partition coefficient (Wildman–Crippen LogP) is 1.59. The van der Waals surface area contributed by atoms with Crippen LogP contribution >= 0.6 is 11.3 Å². The normalized spacial score (nSPS) is 9.38. The Bertz CT molecular complexity index is 308. The molecule has 1 aromatic rings. The molecule has 1 aromatic heterocycles. The van der Waals surface area contributed by atoms with Gasteiger partial charge < -0.3 is 10.5 Å². The SMILES string of the molecule is COCc1cc(C#CCCN)cs1. The molecule has 0 unspecified atom stereocenters. The molecule has 0 radical (unpaired) electrons. The van der Waals surface area contributed by atoms with Crippen LogP contribution in [0.5, 0.6) is 0 Å². The fraction of sp³-hybridized carbons (Fsp3) is 0.400. The molecule has 0 aliphatic heterocycles. The molecule has 0 aliphatic rings. The molecule has 0 saturated carbocycles.